The number of benzene rings is 1. The van der Waals surface area contributed by atoms with E-state index in [1.807, 2.05) is 34.1 Å². The van der Waals surface area contributed by atoms with Crippen molar-refractivity contribution in [3.63, 3.8) is 0 Å². The minimum absolute atomic E-state index is 0.116. The normalized spacial score (nSPS) is 19.6. The van der Waals surface area contributed by atoms with Gasteiger partial charge in [0.05, 0.1) is 19.2 Å². The van der Waals surface area contributed by atoms with Gasteiger partial charge in [-0.25, -0.2) is 4.98 Å². The van der Waals surface area contributed by atoms with Crippen LogP contribution < -0.4 is 4.74 Å². The van der Waals surface area contributed by atoms with Crippen LogP contribution in [0.15, 0.2) is 42.9 Å². The zero-order valence-corrected chi connectivity index (χ0v) is 18.2. The highest BCUT2D eigenvalue weighted by molar-refractivity contribution is 6.31. The number of rotatable bonds is 7. The molecule has 0 bridgehead atoms. The molecule has 0 N–H and O–H groups in total. The maximum absolute atomic E-state index is 12.6. The van der Waals surface area contributed by atoms with E-state index in [1.165, 1.54) is 0 Å². The number of nitrogens with zero attached hydrogens (tertiary/aromatic N) is 4. The molecule has 4 rings (SSSR count). The molecule has 2 saturated heterocycles. The van der Waals surface area contributed by atoms with Crippen molar-refractivity contribution in [2.24, 2.45) is 11.8 Å². The van der Waals surface area contributed by atoms with E-state index in [0.29, 0.717) is 42.8 Å². The van der Waals surface area contributed by atoms with Gasteiger partial charge in [-0.3, -0.25) is 14.6 Å². The fourth-order valence-corrected chi connectivity index (χ4v) is 4.50. The van der Waals surface area contributed by atoms with Crippen LogP contribution in [0.25, 0.3) is 0 Å². The van der Waals surface area contributed by atoms with E-state index in [4.69, 9.17) is 16.3 Å². The summed E-state index contributed by atoms with van der Waals surface area (Å²) < 4.78 is 5.67. The third kappa shape index (κ3) is 5.73. The van der Waals surface area contributed by atoms with Gasteiger partial charge in [0, 0.05) is 55.9 Å². The number of ether oxygens (including phenoxy) is 1. The SMILES string of the molecule is O=C(Cc1ccccc1Cl)N1CCC(CN2CC(COc3cnccn3)CC2=O)CC1. The minimum atomic E-state index is 0.116. The van der Waals surface area contributed by atoms with Crippen LogP contribution in [0.5, 0.6) is 5.88 Å². The quantitative estimate of drug-likeness (QED) is 0.659. The Labute approximate surface area is 187 Å². The molecule has 0 aliphatic carbocycles. The van der Waals surface area contributed by atoms with Crippen molar-refractivity contribution in [3.05, 3.63) is 53.4 Å². The molecule has 2 amide bonds. The molecule has 2 aliphatic heterocycles. The zero-order chi connectivity index (χ0) is 21.6. The van der Waals surface area contributed by atoms with Crippen LogP contribution in [0.3, 0.4) is 0 Å². The van der Waals surface area contributed by atoms with Crippen LogP contribution in [0.2, 0.25) is 5.02 Å². The summed E-state index contributed by atoms with van der Waals surface area (Å²) in [5.41, 5.74) is 0.869. The Kier molecular flexibility index (Phi) is 7.02. The molecular formula is C23H27ClN4O3. The Hall–Kier alpha value is -2.67. The number of carbonyl (C=O) groups excluding carboxylic acids is 2. The Balaban J connectivity index is 1.20. The van der Waals surface area contributed by atoms with Gasteiger partial charge >= 0.3 is 0 Å². The van der Waals surface area contributed by atoms with Crippen molar-refractivity contribution >= 4 is 23.4 Å². The van der Waals surface area contributed by atoms with E-state index in [-0.39, 0.29) is 17.7 Å². The fraction of sp³-hybridized carbons (Fsp3) is 0.478. The molecule has 2 fully saturated rings. The van der Waals surface area contributed by atoms with Crippen molar-refractivity contribution in [1.82, 2.24) is 19.8 Å². The lowest BCUT2D eigenvalue weighted by atomic mass is 9.95. The van der Waals surface area contributed by atoms with Crippen molar-refractivity contribution in [2.75, 3.05) is 32.8 Å². The first-order valence-electron chi connectivity index (χ1n) is 10.8. The van der Waals surface area contributed by atoms with Crippen LogP contribution in [-0.2, 0) is 16.0 Å². The maximum atomic E-state index is 12.6. The molecule has 1 aromatic heterocycles. The predicted molar refractivity (Wildman–Crippen MR) is 117 cm³/mol. The largest absolute Gasteiger partial charge is 0.476 e. The van der Waals surface area contributed by atoms with Gasteiger partial charge in [0.2, 0.25) is 17.7 Å². The standard InChI is InChI=1S/C23H27ClN4O3/c24-20-4-2-1-3-19(20)12-23(30)27-9-5-17(6-10-27)14-28-15-18(11-22(28)29)16-31-21-13-25-7-8-26-21/h1-4,7-8,13,17-18H,5-6,9-12,14-16H2. The van der Waals surface area contributed by atoms with Crippen molar-refractivity contribution in [3.8, 4) is 5.88 Å². The summed E-state index contributed by atoms with van der Waals surface area (Å²) in [7, 11) is 0. The Morgan fingerprint density at radius 1 is 1.16 bits per heavy atom. The first kappa shape index (κ1) is 21.6. The third-order valence-electron chi connectivity index (χ3n) is 6.05. The Bertz CT molecular complexity index is 903. The summed E-state index contributed by atoms with van der Waals surface area (Å²) in [5.74, 6) is 1.39. The zero-order valence-electron chi connectivity index (χ0n) is 17.5. The maximum Gasteiger partial charge on any atom is 0.232 e. The molecule has 1 unspecified atom stereocenters. The molecule has 2 aliphatic rings. The number of carbonyl (C=O) groups is 2. The van der Waals surface area contributed by atoms with Gasteiger partial charge in [0.25, 0.3) is 0 Å². The van der Waals surface area contributed by atoms with Crippen LogP contribution in [-0.4, -0.2) is 64.4 Å². The monoisotopic (exact) mass is 442 g/mol. The Morgan fingerprint density at radius 3 is 2.71 bits per heavy atom. The lowest BCUT2D eigenvalue weighted by Gasteiger charge is -2.34. The van der Waals surface area contributed by atoms with Crippen LogP contribution >= 0.6 is 11.6 Å². The highest BCUT2D eigenvalue weighted by atomic mass is 35.5. The molecule has 7 nitrogen and oxygen atoms in total. The molecule has 1 atom stereocenters. The van der Waals surface area contributed by atoms with Gasteiger partial charge in [0.15, 0.2) is 0 Å². The number of piperidine rings is 1. The second-order valence-corrected chi connectivity index (χ2v) is 8.72. The lowest BCUT2D eigenvalue weighted by Crippen LogP contribution is -2.42. The molecule has 0 spiro atoms. The van der Waals surface area contributed by atoms with E-state index in [0.717, 1.165) is 38.0 Å². The van der Waals surface area contributed by atoms with E-state index in [9.17, 15) is 9.59 Å². The number of hydrogen-bond donors (Lipinski definition) is 0. The molecule has 8 heteroatoms. The molecular weight excluding hydrogens is 416 g/mol. The highest BCUT2D eigenvalue weighted by Crippen LogP contribution is 2.25. The first-order valence-corrected chi connectivity index (χ1v) is 11.1. The first-order chi connectivity index (χ1) is 15.1. The lowest BCUT2D eigenvalue weighted by molar-refractivity contribution is -0.133. The molecule has 3 heterocycles. The fourth-order valence-electron chi connectivity index (χ4n) is 4.30. The van der Waals surface area contributed by atoms with Crippen molar-refractivity contribution in [2.45, 2.75) is 25.7 Å². The summed E-state index contributed by atoms with van der Waals surface area (Å²) in [4.78, 5) is 37.0. The summed E-state index contributed by atoms with van der Waals surface area (Å²) >= 11 is 6.18. The summed E-state index contributed by atoms with van der Waals surface area (Å²) in [6.07, 6.45) is 7.45. The van der Waals surface area contributed by atoms with E-state index < -0.39 is 0 Å². The molecule has 31 heavy (non-hydrogen) atoms. The molecule has 0 saturated carbocycles. The predicted octanol–water partition coefficient (Wildman–Crippen LogP) is 2.84. The van der Waals surface area contributed by atoms with Gasteiger partial charge in [-0.05, 0) is 30.4 Å². The number of amides is 2. The van der Waals surface area contributed by atoms with E-state index in [1.54, 1.807) is 18.6 Å². The summed E-state index contributed by atoms with van der Waals surface area (Å²) in [6.45, 7) is 3.40. The van der Waals surface area contributed by atoms with Gasteiger partial charge in [-0.15, -0.1) is 0 Å². The van der Waals surface area contributed by atoms with Crippen molar-refractivity contribution in [1.29, 1.82) is 0 Å². The van der Waals surface area contributed by atoms with Gasteiger partial charge in [-0.1, -0.05) is 29.8 Å². The van der Waals surface area contributed by atoms with Gasteiger partial charge in [-0.2, -0.15) is 0 Å². The summed E-state index contributed by atoms with van der Waals surface area (Å²) in [6, 6.07) is 7.48. The average molecular weight is 443 g/mol. The van der Waals surface area contributed by atoms with Crippen LogP contribution in [0.4, 0.5) is 0 Å². The van der Waals surface area contributed by atoms with Gasteiger partial charge < -0.3 is 14.5 Å². The second kappa shape index (κ2) is 10.1. The highest BCUT2D eigenvalue weighted by Gasteiger charge is 2.33. The van der Waals surface area contributed by atoms with E-state index >= 15 is 0 Å². The summed E-state index contributed by atoms with van der Waals surface area (Å²) in [5, 5.41) is 0.635. The topological polar surface area (TPSA) is 75.6 Å². The smallest absolute Gasteiger partial charge is 0.232 e. The second-order valence-electron chi connectivity index (χ2n) is 8.32. The Morgan fingerprint density at radius 2 is 1.97 bits per heavy atom. The van der Waals surface area contributed by atoms with Crippen molar-refractivity contribution < 1.29 is 14.3 Å². The van der Waals surface area contributed by atoms with Gasteiger partial charge in [0.1, 0.15) is 0 Å². The third-order valence-corrected chi connectivity index (χ3v) is 6.42. The van der Waals surface area contributed by atoms with Crippen LogP contribution in [0.1, 0.15) is 24.8 Å². The molecule has 2 aromatic rings. The number of aromatic nitrogens is 2. The molecule has 1 aromatic carbocycles. The average Bonchev–Trinajstić information content (AvgIpc) is 3.14. The van der Waals surface area contributed by atoms with Crippen LogP contribution in [0, 0.1) is 11.8 Å². The number of hydrogen-bond acceptors (Lipinski definition) is 5. The molecule has 0 radical (unpaired) electrons. The molecule has 164 valence electrons. The number of likely N-dealkylation sites (tertiary alicyclic amines) is 2. The number of halogens is 1. The van der Waals surface area contributed by atoms with E-state index in [2.05, 4.69) is 9.97 Å². The minimum Gasteiger partial charge on any atom is -0.476 e.